The highest BCUT2D eigenvalue weighted by atomic mass is 16.5. The zero-order valence-corrected chi connectivity index (χ0v) is 14.6. The van der Waals surface area contributed by atoms with Crippen molar-refractivity contribution in [2.75, 3.05) is 17.2 Å². The molecule has 0 fully saturated rings. The fraction of sp³-hybridized carbons (Fsp3) is 0.333. The van der Waals surface area contributed by atoms with Gasteiger partial charge in [0.15, 0.2) is 5.69 Å². The number of aromatic nitrogens is 2. The molecule has 2 aromatic rings. The molecule has 1 amide bonds. The third-order valence-corrected chi connectivity index (χ3v) is 3.56. The van der Waals surface area contributed by atoms with Crippen LogP contribution < -0.4 is 10.6 Å². The summed E-state index contributed by atoms with van der Waals surface area (Å²) in [4.78, 5) is 23.8. The van der Waals surface area contributed by atoms with Crippen molar-refractivity contribution in [3.8, 4) is 0 Å². The Morgan fingerprint density at radius 3 is 2.36 bits per heavy atom. The Labute approximate surface area is 146 Å². The second-order valence-corrected chi connectivity index (χ2v) is 5.51. The largest absolute Gasteiger partial charge is 0.462 e. The molecule has 1 atom stereocenters. The molecular formula is C18H22N4O3. The van der Waals surface area contributed by atoms with Gasteiger partial charge in [-0.25, -0.2) is 4.79 Å². The first-order chi connectivity index (χ1) is 12.0. The fourth-order valence-electron chi connectivity index (χ4n) is 1.98. The molecule has 0 aliphatic carbocycles. The van der Waals surface area contributed by atoms with Crippen molar-refractivity contribution < 1.29 is 14.3 Å². The monoisotopic (exact) mass is 342 g/mol. The standard InChI is InChI=1S/C18H22N4O3/c1-4-12(3)19-16-11-10-15(21-22-16)17(23)20-14-8-6-13(7-9-14)18(24)25-5-2/h6-12H,4-5H2,1-3H3,(H,19,22)(H,20,23). The molecule has 7 heteroatoms. The molecule has 132 valence electrons. The number of rotatable bonds is 7. The van der Waals surface area contributed by atoms with Crippen LogP contribution in [0.1, 0.15) is 48.0 Å². The van der Waals surface area contributed by atoms with Crippen molar-refractivity contribution in [3.63, 3.8) is 0 Å². The van der Waals surface area contributed by atoms with Crippen LogP contribution in [0.15, 0.2) is 36.4 Å². The van der Waals surface area contributed by atoms with Crippen LogP contribution in [0.5, 0.6) is 0 Å². The second kappa shape index (κ2) is 8.77. The summed E-state index contributed by atoms with van der Waals surface area (Å²) < 4.78 is 4.91. The molecule has 25 heavy (non-hydrogen) atoms. The number of hydrogen-bond donors (Lipinski definition) is 2. The number of nitrogens with zero attached hydrogens (tertiary/aromatic N) is 2. The van der Waals surface area contributed by atoms with E-state index in [-0.39, 0.29) is 17.6 Å². The molecule has 0 aliphatic heterocycles. The number of anilines is 2. The minimum atomic E-state index is -0.393. The predicted octanol–water partition coefficient (Wildman–Crippen LogP) is 3.12. The third kappa shape index (κ3) is 5.27. The van der Waals surface area contributed by atoms with E-state index >= 15 is 0 Å². The smallest absolute Gasteiger partial charge is 0.338 e. The van der Waals surface area contributed by atoms with Gasteiger partial charge >= 0.3 is 5.97 Å². The number of nitrogens with one attached hydrogen (secondary N) is 2. The van der Waals surface area contributed by atoms with E-state index < -0.39 is 5.97 Å². The van der Waals surface area contributed by atoms with Gasteiger partial charge in [-0.1, -0.05) is 6.92 Å². The predicted molar refractivity (Wildman–Crippen MR) is 95.8 cm³/mol. The van der Waals surface area contributed by atoms with E-state index in [1.807, 2.05) is 6.92 Å². The lowest BCUT2D eigenvalue weighted by Gasteiger charge is -2.11. The molecule has 7 nitrogen and oxygen atoms in total. The van der Waals surface area contributed by atoms with Crippen LogP contribution in [0.25, 0.3) is 0 Å². The van der Waals surface area contributed by atoms with Gasteiger partial charge in [-0.2, -0.15) is 0 Å². The normalized spacial score (nSPS) is 11.5. The van der Waals surface area contributed by atoms with Gasteiger partial charge in [-0.15, -0.1) is 10.2 Å². The molecular weight excluding hydrogens is 320 g/mol. The summed E-state index contributed by atoms with van der Waals surface area (Å²) in [7, 11) is 0. The van der Waals surface area contributed by atoms with E-state index in [4.69, 9.17) is 4.74 Å². The van der Waals surface area contributed by atoms with Crippen LogP contribution in [-0.2, 0) is 4.74 Å². The van der Waals surface area contributed by atoms with Gasteiger partial charge in [0, 0.05) is 11.7 Å². The first-order valence-electron chi connectivity index (χ1n) is 8.22. The van der Waals surface area contributed by atoms with Crippen LogP contribution in [0, 0.1) is 0 Å². The van der Waals surface area contributed by atoms with Crippen LogP contribution in [-0.4, -0.2) is 34.7 Å². The SMILES string of the molecule is CCOC(=O)c1ccc(NC(=O)c2ccc(NC(C)CC)nn2)cc1. The van der Waals surface area contributed by atoms with Crippen molar-refractivity contribution in [2.24, 2.45) is 0 Å². The topological polar surface area (TPSA) is 93.2 Å². The summed E-state index contributed by atoms with van der Waals surface area (Å²) in [6.45, 7) is 6.18. The summed E-state index contributed by atoms with van der Waals surface area (Å²) in [5.41, 5.74) is 1.20. The van der Waals surface area contributed by atoms with Crippen molar-refractivity contribution >= 4 is 23.4 Å². The first-order valence-corrected chi connectivity index (χ1v) is 8.22. The Morgan fingerprint density at radius 2 is 1.80 bits per heavy atom. The average Bonchev–Trinajstić information content (AvgIpc) is 2.63. The number of esters is 1. The molecule has 0 aliphatic rings. The Morgan fingerprint density at radius 1 is 1.08 bits per heavy atom. The highest BCUT2D eigenvalue weighted by Gasteiger charge is 2.11. The first kappa shape index (κ1) is 18.4. The Hall–Kier alpha value is -2.96. The Balaban J connectivity index is 1.98. The summed E-state index contributed by atoms with van der Waals surface area (Å²) in [5.74, 6) is -0.133. The molecule has 0 radical (unpaired) electrons. The van der Waals surface area contributed by atoms with Crippen molar-refractivity contribution in [1.82, 2.24) is 10.2 Å². The van der Waals surface area contributed by atoms with E-state index in [9.17, 15) is 9.59 Å². The lowest BCUT2D eigenvalue weighted by atomic mass is 10.2. The van der Waals surface area contributed by atoms with Crippen LogP contribution in [0.4, 0.5) is 11.5 Å². The highest BCUT2D eigenvalue weighted by molar-refractivity contribution is 6.03. The molecule has 0 saturated heterocycles. The number of amides is 1. The Kier molecular flexibility index (Phi) is 6.45. The van der Waals surface area contributed by atoms with Gasteiger partial charge in [0.2, 0.25) is 0 Å². The zero-order chi connectivity index (χ0) is 18.2. The van der Waals surface area contributed by atoms with E-state index in [2.05, 4.69) is 27.8 Å². The zero-order valence-electron chi connectivity index (χ0n) is 14.6. The average molecular weight is 342 g/mol. The molecule has 1 aromatic carbocycles. The Bertz CT molecular complexity index is 714. The summed E-state index contributed by atoms with van der Waals surface area (Å²) >= 11 is 0. The number of carbonyl (C=O) groups is 2. The quantitative estimate of drug-likeness (QED) is 0.751. The molecule has 1 unspecified atom stereocenters. The van der Waals surface area contributed by atoms with Crippen LogP contribution in [0.3, 0.4) is 0 Å². The van der Waals surface area contributed by atoms with Crippen LogP contribution in [0.2, 0.25) is 0 Å². The molecule has 1 aromatic heterocycles. The fourth-order valence-corrected chi connectivity index (χ4v) is 1.98. The van der Waals surface area contributed by atoms with Gasteiger partial charge in [0.1, 0.15) is 5.82 Å². The van der Waals surface area contributed by atoms with Gasteiger partial charge in [0.05, 0.1) is 12.2 Å². The minimum absolute atomic E-state index is 0.212. The van der Waals surface area contributed by atoms with Crippen molar-refractivity contribution in [1.29, 1.82) is 0 Å². The van der Waals surface area contributed by atoms with Crippen molar-refractivity contribution in [3.05, 3.63) is 47.7 Å². The van der Waals surface area contributed by atoms with Crippen LogP contribution >= 0.6 is 0 Å². The lowest BCUT2D eigenvalue weighted by Crippen LogP contribution is -2.17. The maximum atomic E-state index is 12.2. The van der Waals surface area contributed by atoms with Gasteiger partial charge in [0.25, 0.3) is 5.91 Å². The molecule has 0 saturated carbocycles. The van der Waals surface area contributed by atoms with E-state index in [0.717, 1.165) is 6.42 Å². The third-order valence-electron chi connectivity index (χ3n) is 3.56. The van der Waals surface area contributed by atoms with E-state index in [0.29, 0.717) is 23.7 Å². The number of benzene rings is 1. The van der Waals surface area contributed by atoms with Gasteiger partial charge < -0.3 is 15.4 Å². The lowest BCUT2D eigenvalue weighted by molar-refractivity contribution is 0.0526. The number of ether oxygens (including phenoxy) is 1. The number of hydrogen-bond acceptors (Lipinski definition) is 6. The highest BCUT2D eigenvalue weighted by Crippen LogP contribution is 2.12. The maximum absolute atomic E-state index is 12.2. The van der Waals surface area contributed by atoms with Gasteiger partial charge in [-0.05, 0) is 56.7 Å². The second-order valence-electron chi connectivity index (χ2n) is 5.51. The summed E-state index contributed by atoms with van der Waals surface area (Å²) in [5, 5.41) is 13.8. The summed E-state index contributed by atoms with van der Waals surface area (Å²) in [6, 6.07) is 10.1. The molecule has 0 bridgehead atoms. The molecule has 2 rings (SSSR count). The maximum Gasteiger partial charge on any atom is 0.338 e. The molecule has 1 heterocycles. The molecule has 2 N–H and O–H groups in total. The summed E-state index contributed by atoms with van der Waals surface area (Å²) in [6.07, 6.45) is 0.964. The minimum Gasteiger partial charge on any atom is -0.462 e. The van der Waals surface area contributed by atoms with E-state index in [1.54, 1.807) is 43.3 Å². The number of carbonyl (C=O) groups excluding carboxylic acids is 2. The van der Waals surface area contributed by atoms with E-state index in [1.165, 1.54) is 0 Å². The van der Waals surface area contributed by atoms with Gasteiger partial charge in [-0.3, -0.25) is 4.79 Å². The van der Waals surface area contributed by atoms with Crippen molar-refractivity contribution in [2.45, 2.75) is 33.2 Å². The molecule has 0 spiro atoms.